The number of urea groups is 1. The summed E-state index contributed by atoms with van der Waals surface area (Å²) < 4.78 is 0. The van der Waals surface area contributed by atoms with E-state index in [1.807, 2.05) is 30.3 Å². The fraction of sp³-hybridized carbons (Fsp3) is 0.0714. The third-order valence-electron chi connectivity index (χ3n) is 2.88. The highest BCUT2D eigenvalue weighted by Gasteiger charge is 2.03. The Bertz CT molecular complexity index is 723. The van der Waals surface area contributed by atoms with E-state index in [0.717, 1.165) is 16.6 Å². The molecular weight excluding hydrogens is 254 g/mol. The number of anilines is 1. The third-order valence-corrected chi connectivity index (χ3v) is 2.88. The summed E-state index contributed by atoms with van der Waals surface area (Å²) in [6.45, 7) is 0.459. The number of H-pyrrole nitrogens is 1. The average molecular weight is 267 g/mol. The molecule has 20 heavy (non-hydrogen) atoms. The molecule has 0 saturated heterocycles. The van der Waals surface area contributed by atoms with Crippen molar-refractivity contribution in [3.8, 4) is 0 Å². The zero-order chi connectivity index (χ0) is 13.8. The molecule has 6 nitrogen and oxygen atoms in total. The summed E-state index contributed by atoms with van der Waals surface area (Å²) in [5.41, 5.74) is 3.47. The summed E-state index contributed by atoms with van der Waals surface area (Å²) in [4.78, 5) is 22.8. The summed E-state index contributed by atoms with van der Waals surface area (Å²) in [5, 5.41) is 5.57. The number of carbonyl (C=O) groups is 1. The van der Waals surface area contributed by atoms with E-state index in [2.05, 4.69) is 25.6 Å². The van der Waals surface area contributed by atoms with Crippen molar-refractivity contribution in [3.05, 3.63) is 54.6 Å². The molecule has 3 aromatic rings. The van der Waals surface area contributed by atoms with Crippen LogP contribution in [0.4, 0.5) is 10.5 Å². The van der Waals surface area contributed by atoms with E-state index in [-0.39, 0.29) is 6.03 Å². The number of nitrogens with one attached hydrogen (secondary N) is 3. The normalized spacial score (nSPS) is 10.4. The first-order chi connectivity index (χ1) is 9.81. The van der Waals surface area contributed by atoms with E-state index < -0.39 is 0 Å². The van der Waals surface area contributed by atoms with Crippen LogP contribution in [0.2, 0.25) is 0 Å². The quantitative estimate of drug-likeness (QED) is 0.680. The van der Waals surface area contributed by atoms with Gasteiger partial charge < -0.3 is 15.6 Å². The number of imidazole rings is 1. The van der Waals surface area contributed by atoms with Crippen LogP contribution in [0, 0.1) is 0 Å². The van der Waals surface area contributed by atoms with Crippen molar-refractivity contribution >= 4 is 22.8 Å². The van der Waals surface area contributed by atoms with Crippen LogP contribution in [0.15, 0.2) is 49.1 Å². The van der Waals surface area contributed by atoms with Gasteiger partial charge in [0.25, 0.3) is 0 Å². The van der Waals surface area contributed by atoms with Gasteiger partial charge in [-0.1, -0.05) is 0 Å². The molecule has 0 aliphatic rings. The smallest absolute Gasteiger partial charge is 0.319 e. The predicted molar refractivity (Wildman–Crippen MR) is 76.2 cm³/mol. The van der Waals surface area contributed by atoms with E-state index in [4.69, 9.17) is 0 Å². The number of pyridine rings is 1. The predicted octanol–water partition coefficient (Wildman–Crippen LogP) is 2.28. The number of hydrogen-bond donors (Lipinski definition) is 3. The number of aromatic amines is 1. The van der Waals surface area contributed by atoms with E-state index in [0.29, 0.717) is 12.2 Å². The number of nitrogens with zero attached hydrogens (tertiary/aromatic N) is 2. The lowest BCUT2D eigenvalue weighted by atomic mass is 10.2. The van der Waals surface area contributed by atoms with Crippen LogP contribution in [0.25, 0.3) is 11.0 Å². The van der Waals surface area contributed by atoms with Crippen LogP contribution in [-0.2, 0) is 6.54 Å². The van der Waals surface area contributed by atoms with E-state index >= 15 is 0 Å². The van der Waals surface area contributed by atoms with Gasteiger partial charge in [-0.3, -0.25) is 4.98 Å². The molecule has 0 radical (unpaired) electrons. The second-order valence-electron chi connectivity index (χ2n) is 4.30. The molecule has 3 N–H and O–H groups in total. The Labute approximate surface area is 115 Å². The van der Waals surface area contributed by atoms with Gasteiger partial charge in [-0.25, -0.2) is 9.78 Å². The number of rotatable bonds is 3. The minimum absolute atomic E-state index is 0.249. The molecule has 100 valence electrons. The number of hydrogen-bond acceptors (Lipinski definition) is 3. The van der Waals surface area contributed by atoms with E-state index in [1.165, 1.54) is 0 Å². The Kier molecular flexibility index (Phi) is 3.28. The molecule has 0 bridgehead atoms. The first-order valence-electron chi connectivity index (χ1n) is 6.18. The molecule has 0 atom stereocenters. The van der Waals surface area contributed by atoms with Gasteiger partial charge in [-0.05, 0) is 35.9 Å². The molecule has 2 aromatic heterocycles. The molecule has 2 amide bonds. The maximum absolute atomic E-state index is 11.8. The zero-order valence-corrected chi connectivity index (χ0v) is 10.6. The Morgan fingerprint density at radius 2 is 2.05 bits per heavy atom. The summed E-state index contributed by atoms with van der Waals surface area (Å²) in [5.74, 6) is 0. The number of amides is 2. The van der Waals surface area contributed by atoms with Crippen LogP contribution in [0.1, 0.15) is 5.56 Å². The first-order valence-corrected chi connectivity index (χ1v) is 6.18. The van der Waals surface area contributed by atoms with Crippen LogP contribution >= 0.6 is 0 Å². The third kappa shape index (κ3) is 2.74. The molecule has 3 rings (SSSR count). The lowest BCUT2D eigenvalue weighted by Gasteiger charge is -2.07. The summed E-state index contributed by atoms with van der Waals surface area (Å²) in [6, 6.07) is 8.97. The van der Waals surface area contributed by atoms with Crippen LogP contribution in [0.5, 0.6) is 0 Å². The van der Waals surface area contributed by atoms with Crippen molar-refractivity contribution in [1.82, 2.24) is 20.3 Å². The monoisotopic (exact) mass is 267 g/mol. The Morgan fingerprint density at radius 3 is 2.90 bits per heavy atom. The molecule has 1 aromatic carbocycles. The first kappa shape index (κ1) is 12.2. The van der Waals surface area contributed by atoms with Crippen molar-refractivity contribution in [1.29, 1.82) is 0 Å². The minimum Gasteiger partial charge on any atom is -0.345 e. The lowest BCUT2D eigenvalue weighted by molar-refractivity contribution is 0.251. The van der Waals surface area contributed by atoms with Gasteiger partial charge in [0.1, 0.15) is 0 Å². The molecule has 0 unspecified atom stereocenters. The minimum atomic E-state index is -0.249. The Balaban J connectivity index is 1.61. The lowest BCUT2D eigenvalue weighted by Crippen LogP contribution is -2.28. The van der Waals surface area contributed by atoms with Crippen molar-refractivity contribution in [3.63, 3.8) is 0 Å². The maximum Gasteiger partial charge on any atom is 0.319 e. The SMILES string of the molecule is O=C(NCc1ccncc1)Nc1ccc2nc[nH]c2c1. The van der Waals surface area contributed by atoms with Crippen molar-refractivity contribution in [2.75, 3.05) is 5.32 Å². The highest BCUT2D eigenvalue weighted by molar-refractivity contribution is 5.91. The number of aromatic nitrogens is 3. The van der Waals surface area contributed by atoms with Gasteiger partial charge in [-0.2, -0.15) is 0 Å². The van der Waals surface area contributed by atoms with Gasteiger partial charge >= 0.3 is 6.03 Å². The Hall–Kier alpha value is -2.89. The molecule has 6 heteroatoms. The molecular formula is C14H13N5O. The fourth-order valence-electron chi connectivity index (χ4n) is 1.87. The van der Waals surface area contributed by atoms with Gasteiger partial charge in [-0.15, -0.1) is 0 Å². The molecule has 0 spiro atoms. The fourth-order valence-corrected chi connectivity index (χ4v) is 1.87. The molecule has 0 aliphatic carbocycles. The maximum atomic E-state index is 11.8. The number of fused-ring (bicyclic) bond motifs is 1. The van der Waals surface area contributed by atoms with Crippen LogP contribution < -0.4 is 10.6 Å². The average Bonchev–Trinajstić information content (AvgIpc) is 2.94. The zero-order valence-electron chi connectivity index (χ0n) is 10.6. The molecule has 0 aliphatic heterocycles. The topological polar surface area (TPSA) is 82.7 Å². The van der Waals surface area contributed by atoms with Crippen molar-refractivity contribution in [2.45, 2.75) is 6.54 Å². The standard InChI is InChI=1S/C14H13N5O/c20-14(16-8-10-3-5-15-6-4-10)19-11-1-2-12-13(7-11)18-9-17-12/h1-7,9H,8H2,(H,17,18)(H2,16,19,20). The molecule has 0 saturated carbocycles. The number of benzene rings is 1. The molecule has 0 fully saturated rings. The highest BCUT2D eigenvalue weighted by Crippen LogP contribution is 2.15. The summed E-state index contributed by atoms with van der Waals surface area (Å²) in [7, 11) is 0. The van der Waals surface area contributed by atoms with Gasteiger partial charge in [0.15, 0.2) is 0 Å². The van der Waals surface area contributed by atoms with Crippen molar-refractivity contribution < 1.29 is 4.79 Å². The van der Waals surface area contributed by atoms with Crippen LogP contribution in [-0.4, -0.2) is 21.0 Å². The second kappa shape index (κ2) is 5.40. The molecule has 2 heterocycles. The van der Waals surface area contributed by atoms with Gasteiger partial charge in [0.2, 0.25) is 0 Å². The number of carbonyl (C=O) groups excluding carboxylic acids is 1. The van der Waals surface area contributed by atoms with Gasteiger partial charge in [0, 0.05) is 24.6 Å². The van der Waals surface area contributed by atoms with E-state index in [1.54, 1.807) is 18.7 Å². The van der Waals surface area contributed by atoms with Gasteiger partial charge in [0.05, 0.1) is 17.4 Å². The Morgan fingerprint density at radius 1 is 1.20 bits per heavy atom. The van der Waals surface area contributed by atoms with E-state index in [9.17, 15) is 4.79 Å². The largest absolute Gasteiger partial charge is 0.345 e. The summed E-state index contributed by atoms with van der Waals surface area (Å²) in [6.07, 6.45) is 5.01. The summed E-state index contributed by atoms with van der Waals surface area (Å²) >= 11 is 0. The van der Waals surface area contributed by atoms with Crippen LogP contribution in [0.3, 0.4) is 0 Å². The highest BCUT2D eigenvalue weighted by atomic mass is 16.2. The second-order valence-corrected chi connectivity index (χ2v) is 4.30. The van der Waals surface area contributed by atoms with Crippen molar-refractivity contribution in [2.24, 2.45) is 0 Å².